The number of rotatable bonds is 2. The fraction of sp³-hybridized carbons (Fsp3) is 0.182. The fourth-order valence-corrected chi connectivity index (χ4v) is 1.04. The van der Waals surface area contributed by atoms with Gasteiger partial charge < -0.3 is 11.5 Å². The van der Waals surface area contributed by atoms with E-state index in [1.54, 1.807) is 18.2 Å². The Morgan fingerprint density at radius 3 is 2.71 bits per heavy atom. The van der Waals surface area contributed by atoms with Crippen molar-refractivity contribution in [1.29, 1.82) is 0 Å². The van der Waals surface area contributed by atoms with Gasteiger partial charge in [-0.05, 0) is 12.1 Å². The Morgan fingerprint density at radius 2 is 2.07 bits per heavy atom. The highest BCUT2D eigenvalue weighted by Gasteiger charge is 2.03. The Bertz CT molecular complexity index is 388. The fourth-order valence-electron chi connectivity index (χ4n) is 1.04. The quantitative estimate of drug-likeness (QED) is 0.663. The third kappa shape index (κ3) is 2.61. The number of primary amides is 1. The monoisotopic (exact) mass is 188 g/mol. The number of nitrogens with two attached hydrogens (primary N) is 2. The molecule has 0 saturated heterocycles. The third-order valence-corrected chi connectivity index (χ3v) is 1.68. The first kappa shape index (κ1) is 10.3. The van der Waals surface area contributed by atoms with Gasteiger partial charge >= 0.3 is 0 Å². The average Bonchev–Trinajstić information content (AvgIpc) is 2.19. The molecule has 0 aliphatic carbocycles. The molecule has 0 fully saturated rings. The van der Waals surface area contributed by atoms with Gasteiger partial charge in [-0.3, -0.25) is 4.79 Å². The standard InChI is InChI=1S/C11H12N2O/c12-8-4-3-6-9-5-1-2-7-10(9)11(13)14/h1-2,5,7H,4,8,12H2,(H2,13,14). The van der Waals surface area contributed by atoms with E-state index in [9.17, 15) is 4.79 Å². The van der Waals surface area contributed by atoms with Gasteiger partial charge in [-0.25, -0.2) is 0 Å². The molecular weight excluding hydrogens is 176 g/mol. The zero-order valence-electron chi connectivity index (χ0n) is 7.79. The summed E-state index contributed by atoms with van der Waals surface area (Å²) in [5, 5.41) is 0. The molecule has 0 atom stereocenters. The lowest BCUT2D eigenvalue weighted by molar-refractivity contribution is 0.1000. The topological polar surface area (TPSA) is 69.1 Å². The van der Waals surface area contributed by atoms with Crippen LogP contribution in [0.15, 0.2) is 24.3 Å². The van der Waals surface area contributed by atoms with Crippen LogP contribution in [0, 0.1) is 11.8 Å². The van der Waals surface area contributed by atoms with Gasteiger partial charge in [-0.2, -0.15) is 0 Å². The van der Waals surface area contributed by atoms with Crippen LogP contribution in [0.25, 0.3) is 0 Å². The molecule has 0 unspecified atom stereocenters. The van der Waals surface area contributed by atoms with E-state index >= 15 is 0 Å². The van der Waals surface area contributed by atoms with Crippen LogP contribution in [0.2, 0.25) is 0 Å². The van der Waals surface area contributed by atoms with Crippen LogP contribution in [-0.2, 0) is 0 Å². The van der Waals surface area contributed by atoms with Gasteiger partial charge in [0.05, 0.1) is 5.56 Å². The van der Waals surface area contributed by atoms with Crippen LogP contribution < -0.4 is 11.5 Å². The highest BCUT2D eigenvalue weighted by molar-refractivity contribution is 5.95. The van der Waals surface area contributed by atoms with Crippen molar-refractivity contribution >= 4 is 5.91 Å². The van der Waals surface area contributed by atoms with Gasteiger partial charge in [0.25, 0.3) is 0 Å². The summed E-state index contributed by atoms with van der Waals surface area (Å²) in [6.07, 6.45) is 0.618. The zero-order valence-corrected chi connectivity index (χ0v) is 7.79. The lowest BCUT2D eigenvalue weighted by Crippen LogP contribution is -2.12. The largest absolute Gasteiger partial charge is 0.366 e. The van der Waals surface area contributed by atoms with Crippen molar-refractivity contribution in [3.63, 3.8) is 0 Å². The molecular formula is C11H12N2O. The number of benzene rings is 1. The van der Waals surface area contributed by atoms with Crippen LogP contribution in [-0.4, -0.2) is 12.5 Å². The van der Waals surface area contributed by atoms with Gasteiger partial charge in [-0.15, -0.1) is 0 Å². The maximum absolute atomic E-state index is 11.0. The summed E-state index contributed by atoms with van der Waals surface area (Å²) in [7, 11) is 0. The van der Waals surface area contributed by atoms with Crippen molar-refractivity contribution in [1.82, 2.24) is 0 Å². The van der Waals surface area contributed by atoms with E-state index < -0.39 is 5.91 Å². The maximum Gasteiger partial charge on any atom is 0.249 e. The highest BCUT2D eigenvalue weighted by atomic mass is 16.1. The minimum atomic E-state index is -0.456. The van der Waals surface area contributed by atoms with Crippen molar-refractivity contribution in [3.8, 4) is 11.8 Å². The van der Waals surface area contributed by atoms with Crippen LogP contribution in [0.3, 0.4) is 0 Å². The number of amides is 1. The number of carbonyl (C=O) groups is 1. The molecule has 14 heavy (non-hydrogen) atoms. The minimum Gasteiger partial charge on any atom is -0.366 e. The van der Waals surface area contributed by atoms with Crippen LogP contribution >= 0.6 is 0 Å². The van der Waals surface area contributed by atoms with E-state index in [1.807, 2.05) is 6.07 Å². The lowest BCUT2D eigenvalue weighted by atomic mass is 10.1. The molecule has 72 valence electrons. The third-order valence-electron chi connectivity index (χ3n) is 1.68. The van der Waals surface area contributed by atoms with E-state index in [-0.39, 0.29) is 0 Å². The van der Waals surface area contributed by atoms with E-state index in [2.05, 4.69) is 11.8 Å². The smallest absolute Gasteiger partial charge is 0.249 e. The molecule has 0 aliphatic rings. The first-order valence-corrected chi connectivity index (χ1v) is 4.33. The minimum absolute atomic E-state index is 0.456. The molecule has 3 nitrogen and oxygen atoms in total. The first-order chi connectivity index (χ1) is 6.75. The van der Waals surface area contributed by atoms with Gasteiger partial charge in [0.15, 0.2) is 0 Å². The molecule has 0 heterocycles. The summed E-state index contributed by atoms with van der Waals surface area (Å²) in [6, 6.07) is 7.01. The van der Waals surface area contributed by atoms with Gasteiger partial charge in [0.1, 0.15) is 0 Å². The molecule has 0 spiro atoms. The van der Waals surface area contributed by atoms with Crippen molar-refractivity contribution in [2.75, 3.05) is 6.54 Å². The highest BCUT2D eigenvalue weighted by Crippen LogP contribution is 2.05. The van der Waals surface area contributed by atoms with Gasteiger partial charge in [0.2, 0.25) is 5.91 Å². The molecule has 0 aromatic heterocycles. The Balaban J connectivity index is 2.97. The summed E-state index contributed by atoms with van der Waals surface area (Å²) in [5.41, 5.74) is 11.6. The summed E-state index contributed by atoms with van der Waals surface area (Å²) >= 11 is 0. The summed E-state index contributed by atoms with van der Waals surface area (Å²) in [6.45, 7) is 0.520. The van der Waals surface area contributed by atoms with E-state index in [4.69, 9.17) is 11.5 Å². The molecule has 1 rings (SSSR count). The van der Waals surface area contributed by atoms with E-state index in [0.717, 1.165) is 0 Å². The molecule has 0 radical (unpaired) electrons. The summed E-state index contributed by atoms with van der Waals surface area (Å²) in [4.78, 5) is 11.0. The average molecular weight is 188 g/mol. The van der Waals surface area contributed by atoms with E-state index in [1.165, 1.54) is 0 Å². The van der Waals surface area contributed by atoms with Crippen LogP contribution in [0.4, 0.5) is 0 Å². The Morgan fingerprint density at radius 1 is 1.36 bits per heavy atom. The zero-order chi connectivity index (χ0) is 10.4. The number of hydrogen-bond acceptors (Lipinski definition) is 2. The van der Waals surface area contributed by atoms with Crippen LogP contribution in [0.5, 0.6) is 0 Å². The lowest BCUT2D eigenvalue weighted by Gasteiger charge is -1.97. The Kier molecular flexibility index (Phi) is 3.71. The van der Waals surface area contributed by atoms with Crippen molar-refractivity contribution in [2.45, 2.75) is 6.42 Å². The maximum atomic E-state index is 11.0. The Hall–Kier alpha value is -1.79. The van der Waals surface area contributed by atoms with Gasteiger partial charge in [0, 0.05) is 18.5 Å². The molecule has 1 aromatic rings. The first-order valence-electron chi connectivity index (χ1n) is 4.33. The molecule has 3 heteroatoms. The Labute approximate surface area is 83.1 Å². The number of hydrogen-bond donors (Lipinski definition) is 2. The van der Waals surface area contributed by atoms with E-state index in [0.29, 0.717) is 24.1 Å². The second kappa shape index (κ2) is 5.05. The number of carbonyl (C=O) groups excluding carboxylic acids is 1. The van der Waals surface area contributed by atoms with Crippen molar-refractivity contribution in [3.05, 3.63) is 35.4 Å². The summed E-state index contributed by atoms with van der Waals surface area (Å²) < 4.78 is 0. The SMILES string of the molecule is NCCC#Cc1ccccc1C(N)=O. The molecule has 1 aromatic carbocycles. The molecule has 0 bridgehead atoms. The predicted octanol–water partition coefficient (Wildman–Crippen LogP) is 0.486. The summed E-state index contributed by atoms with van der Waals surface area (Å²) in [5.74, 6) is 5.27. The second-order valence-electron chi connectivity index (χ2n) is 2.75. The van der Waals surface area contributed by atoms with Gasteiger partial charge in [-0.1, -0.05) is 24.0 Å². The molecule has 1 amide bonds. The molecule has 0 aliphatic heterocycles. The van der Waals surface area contributed by atoms with Crippen LogP contribution in [0.1, 0.15) is 22.3 Å². The second-order valence-corrected chi connectivity index (χ2v) is 2.75. The normalized spacial score (nSPS) is 8.93. The van der Waals surface area contributed by atoms with Crippen molar-refractivity contribution in [2.24, 2.45) is 11.5 Å². The predicted molar refractivity (Wildman–Crippen MR) is 55.5 cm³/mol. The van der Waals surface area contributed by atoms with Crippen molar-refractivity contribution < 1.29 is 4.79 Å². The molecule has 0 saturated carbocycles. The molecule has 4 N–H and O–H groups in total.